The van der Waals surface area contributed by atoms with Crippen molar-refractivity contribution < 1.29 is 4.74 Å². The molecule has 3 rings (SSSR count). The molecule has 1 aromatic carbocycles. The van der Waals surface area contributed by atoms with Crippen molar-refractivity contribution >= 4 is 24.0 Å². The van der Waals surface area contributed by atoms with Crippen LogP contribution in [-0.4, -0.2) is 76.4 Å². The van der Waals surface area contributed by atoms with Crippen LogP contribution >= 0.6 is 24.0 Å². The van der Waals surface area contributed by atoms with Crippen molar-refractivity contribution in [2.75, 3.05) is 46.4 Å². The Balaban J connectivity index is 0.00000243. The van der Waals surface area contributed by atoms with E-state index >= 15 is 0 Å². The van der Waals surface area contributed by atoms with Gasteiger partial charge in [0.2, 0.25) is 0 Å². The van der Waals surface area contributed by atoms with Crippen LogP contribution < -0.4 is 0 Å². The van der Waals surface area contributed by atoms with Crippen molar-refractivity contribution in [2.45, 2.75) is 19.5 Å². The molecular formula is C17H26Cl2N6O. The average Bonchev–Trinajstić information content (AvgIpc) is 3.10. The Kier molecular flexibility index (Phi) is 8.24. The van der Waals surface area contributed by atoms with Gasteiger partial charge in [-0.2, -0.15) is 0 Å². The Morgan fingerprint density at radius 1 is 1.15 bits per heavy atom. The molecule has 2 aromatic rings. The number of hydrogen-bond acceptors (Lipinski definition) is 6. The SMILES string of the molecule is CCN1CCN(C(c2ccc(Cl)cc2)c2nnnn2CCOC)CC1.Cl. The summed E-state index contributed by atoms with van der Waals surface area (Å²) in [6.45, 7) is 8.59. The molecule has 1 fully saturated rings. The number of piperazine rings is 1. The number of halogens is 2. The van der Waals surface area contributed by atoms with Gasteiger partial charge in [-0.25, -0.2) is 4.68 Å². The first-order chi connectivity index (χ1) is 12.2. The van der Waals surface area contributed by atoms with Gasteiger partial charge in [-0.1, -0.05) is 30.7 Å². The van der Waals surface area contributed by atoms with E-state index in [1.165, 1.54) is 0 Å². The molecule has 1 aliphatic rings. The highest BCUT2D eigenvalue weighted by Gasteiger charge is 2.30. The maximum absolute atomic E-state index is 6.08. The normalized spacial score (nSPS) is 17.0. The van der Waals surface area contributed by atoms with E-state index in [-0.39, 0.29) is 18.4 Å². The third-order valence-electron chi connectivity index (χ3n) is 4.72. The summed E-state index contributed by atoms with van der Waals surface area (Å²) in [7, 11) is 1.69. The molecule has 1 aliphatic heterocycles. The maximum atomic E-state index is 6.08. The summed E-state index contributed by atoms with van der Waals surface area (Å²) in [6, 6.07) is 8.00. The molecule has 9 heteroatoms. The highest BCUT2D eigenvalue weighted by Crippen LogP contribution is 2.29. The molecule has 1 aromatic heterocycles. The summed E-state index contributed by atoms with van der Waals surface area (Å²) in [6.07, 6.45) is 0. The van der Waals surface area contributed by atoms with Crippen molar-refractivity contribution in [3.05, 3.63) is 40.7 Å². The number of ether oxygens (including phenoxy) is 1. The molecule has 0 bridgehead atoms. The third-order valence-corrected chi connectivity index (χ3v) is 4.97. The second-order valence-electron chi connectivity index (χ2n) is 6.18. The lowest BCUT2D eigenvalue weighted by atomic mass is 10.0. The first kappa shape index (κ1) is 21.1. The van der Waals surface area contributed by atoms with Crippen LogP contribution in [0.1, 0.15) is 24.4 Å². The van der Waals surface area contributed by atoms with Gasteiger partial charge in [-0.3, -0.25) is 4.90 Å². The summed E-state index contributed by atoms with van der Waals surface area (Å²) in [5, 5.41) is 13.1. The van der Waals surface area contributed by atoms with Gasteiger partial charge in [0, 0.05) is 38.3 Å². The number of methoxy groups -OCH3 is 1. The zero-order chi connectivity index (χ0) is 17.6. The zero-order valence-electron chi connectivity index (χ0n) is 15.2. The number of rotatable bonds is 7. The zero-order valence-corrected chi connectivity index (χ0v) is 16.8. The minimum atomic E-state index is 0. The van der Waals surface area contributed by atoms with E-state index in [0.29, 0.717) is 13.2 Å². The molecular weight excluding hydrogens is 375 g/mol. The molecule has 0 amide bonds. The Morgan fingerprint density at radius 3 is 2.46 bits per heavy atom. The van der Waals surface area contributed by atoms with Crippen LogP contribution in [0.4, 0.5) is 0 Å². The molecule has 1 unspecified atom stereocenters. The molecule has 0 saturated carbocycles. The standard InChI is InChI=1S/C17H25ClN6O.ClH/c1-3-22-8-10-23(11-9-22)16(14-4-6-15(18)7-5-14)17-19-20-21-24(17)12-13-25-2;/h4-7,16H,3,8-13H2,1-2H3;1H. The average molecular weight is 401 g/mol. The molecule has 7 nitrogen and oxygen atoms in total. The number of tetrazole rings is 1. The Morgan fingerprint density at radius 2 is 1.85 bits per heavy atom. The van der Waals surface area contributed by atoms with Crippen LogP contribution in [0.5, 0.6) is 0 Å². The van der Waals surface area contributed by atoms with Gasteiger partial charge >= 0.3 is 0 Å². The largest absolute Gasteiger partial charge is 0.383 e. The number of benzene rings is 1. The van der Waals surface area contributed by atoms with E-state index in [2.05, 4.69) is 44.4 Å². The first-order valence-electron chi connectivity index (χ1n) is 8.69. The summed E-state index contributed by atoms with van der Waals surface area (Å²) in [4.78, 5) is 4.91. The van der Waals surface area contributed by atoms with Gasteiger partial charge in [-0.05, 0) is 34.7 Å². The second-order valence-corrected chi connectivity index (χ2v) is 6.61. The number of likely N-dealkylation sites (N-methyl/N-ethyl adjacent to an activating group) is 1. The van der Waals surface area contributed by atoms with Crippen LogP contribution in [0.15, 0.2) is 24.3 Å². The van der Waals surface area contributed by atoms with E-state index in [1.807, 2.05) is 16.8 Å². The molecule has 1 saturated heterocycles. The van der Waals surface area contributed by atoms with Crippen LogP contribution in [0.3, 0.4) is 0 Å². The molecule has 0 spiro atoms. The molecule has 2 heterocycles. The number of nitrogens with zero attached hydrogens (tertiary/aromatic N) is 6. The predicted octanol–water partition coefficient (Wildman–Crippen LogP) is 2.12. The summed E-state index contributed by atoms with van der Waals surface area (Å²) < 4.78 is 7.03. The van der Waals surface area contributed by atoms with Gasteiger partial charge in [0.15, 0.2) is 5.82 Å². The third kappa shape index (κ3) is 4.92. The van der Waals surface area contributed by atoms with Gasteiger partial charge in [0.1, 0.15) is 0 Å². The molecule has 0 radical (unpaired) electrons. The van der Waals surface area contributed by atoms with Crippen LogP contribution in [0.2, 0.25) is 5.02 Å². The minimum absolute atomic E-state index is 0. The number of aromatic nitrogens is 4. The van der Waals surface area contributed by atoms with E-state index < -0.39 is 0 Å². The molecule has 0 N–H and O–H groups in total. The smallest absolute Gasteiger partial charge is 0.173 e. The molecule has 144 valence electrons. The fourth-order valence-electron chi connectivity index (χ4n) is 3.25. The van der Waals surface area contributed by atoms with Gasteiger partial charge in [0.25, 0.3) is 0 Å². The Hall–Kier alpha value is -1.25. The molecule has 0 aliphatic carbocycles. The van der Waals surface area contributed by atoms with Crippen molar-refractivity contribution in [3.63, 3.8) is 0 Å². The Bertz CT molecular complexity index is 658. The topological polar surface area (TPSA) is 59.3 Å². The minimum Gasteiger partial charge on any atom is -0.383 e. The predicted molar refractivity (Wildman–Crippen MR) is 104 cm³/mol. The van der Waals surface area contributed by atoms with E-state index in [1.54, 1.807) is 7.11 Å². The lowest BCUT2D eigenvalue weighted by Crippen LogP contribution is -2.48. The quantitative estimate of drug-likeness (QED) is 0.709. The van der Waals surface area contributed by atoms with Crippen molar-refractivity contribution in [2.24, 2.45) is 0 Å². The highest BCUT2D eigenvalue weighted by atomic mass is 35.5. The number of hydrogen-bond donors (Lipinski definition) is 0. The van der Waals surface area contributed by atoms with Crippen molar-refractivity contribution in [3.8, 4) is 0 Å². The maximum Gasteiger partial charge on any atom is 0.173 e. The molecule has 26 heavy (non-hydrogen) atoms. The Labute approximate surface area is 165 Å². The second kappa shape index (κ2) is 10.2. The monoisotopic (exact) mass is 400 g/mol. The fourth-order valence-corrected chi connectivity index (χ4v) is 3.38. The lowest BCUT2D eigenvalue weighted by Gasteiger charge is -2.38. The van der Waals surface area contributed by atoms with E-state index in [0.717, 1.165) is 49.1 Å². The van der Waals surface area contributed by atoms with E-state index in [9.17, 15) is 0 Å². The van der Waals surface area contributed by atoms with Crippen molar-refractivity contribution in [1.29, 1.82) is 0 Å². The molecule has 1 atom stereocenters. The summed E-state index contributed by atoms with van der Waals surface area (Å²) in [5.74, 6) is 0.851. The van der Waals surface area contributed by atoms with Crippen LogP contribution in [0, 0.1) is 0 Å². The first-order valence-corrected chi connectivity index (χ1v) is 9.07. The van der Waals surface area contributed by atoms with Gasteiger partial charge < -0.3 is 9.64 Å². The van der Waals surface area contributed by atoms with Crippen LogP contribution in [0.25, 0.3) is 0 Å². The fraction of sp³-hybridized carbons (Fsp3) is 0.588. The van der Waals surface area contributed by atoms with Gasteiger partial charge in [0.05, 0.1) is 19.2 Å². The summed E-state index contributed by atoms with van der Waals surface area (Å²) >= 11 is 6.08. The van der Waals surface area contributed by atoms with E-state index in [4.69, 9.17) is 16.3 Å². The van der Waals surface area contributed by atoms with Crippen molar-refractivity contribution in [1.82, 2.24) is 30.0 Å². The van der Waals surface area contributed by atoms with Crippen LogP contribution in [-0.2, 0) is 11.3 Å². The lowest BCUT2D eigenvalue weighted by molar-refractivity contribution is 0.107. The van der Waals surface area contributed by atoms with Gasteiger partial charge in [-0.15, -0.1) is 17.5 Å². The summed E-state index contributed by atoms with van der Waals surface area (Å²) in [5.41, 5.74) is 1.16. The highest BCUT2D eigenvalue weighted by molar-refractivity contribution is 6.30.